The van der Waals surface area contributed by atoms with Gasteiger partial charge in [-0.1, -0.05) is 20.8 Å². The van der Waals surface area contributed by atoms with Crippen LogP contribution in [0.15, 0.2) is 4.79 Å². The smallest absolute Gasteiger partial charge is 0.409 e. The summed E-state index contributed by atoms with van der Waals surface area (Å²) in [7, 11) is 1.73. The summed E-state index contributed by atoms with van der Waals surface area (Å²) in [6, 6.07) is 0. The molecule has 6 nitrogen and oxygen atoms in total. The van der Waals surface area contributed by atoms with Crippen molar-refractivity contribution in [3.8, 4) is 0 Å². The van der Waals surface area contributed by atoms with Gasteiger partial charge in [0, 0.05) is 32.1 Å². The molecule has 1 aromatic heterocycles. The van der Waals surface area contributed by atoms with Crippen LogP contribution in [0.2, 0.25) is 0 Å². The maximum absolute atomic E-state index is 12.3. The van der Waals surface area contributed by atoms with E-state index in [1.165, 1.54) is 0 Å². The number of ether oxygens (including phenoxy) is 1. The first-order valence-corrected chi connectivity index (χ1v) is 7.66. The van der Waals surface area contributed by atoms with Crippen molar-refractivity contribution < 1.29 is 9.53 Å². The van der Waals surface area contributed by atoms with Gasteiger partial charge in [-0.2, -0.15) is 0 Å². The summed E-state index contributed by atoms with van der Waals surface area (Å²) in [5.41, 5.74) is 1.47. The van der Waals surface area contributed by atoms with Crippen molar-refractivity contribution in [2.24, 2.45) is 12.5 Å². The summed E-state index contributed by atoms with van der Waals surface area (Å²) < 4.78 is 6.92. The number of nitrogens with zero attached hydrogens (tertiary/aromatic N) is 3. The van der Waals surface area contributed by atoms with Crippen molar-refractivity contribution in [1.29, 1.82) is 0 Å². The third-order valence-corrected chi connectivity index (χ3v) is 3.83. The molecule has 0 fully saturated rings. The Morgan fingerprint density at radius 2 is 1.91 bits per heavy atom. The predicted molar refractivity (Wildman–Crippen MR) is 84.0 cm³/mol. The van der Waals surface area contributed by atoms with Crippen LogP contribution in [0.4, 0.5) is 4.79 Å². The summed E-state index contributed by atoms with van der Waals surface area (Å²) >= 11 is 0. The van der Waals surface area contributed by atoms with Crippen molar-refractivity contribution in [1.82, 2.24) is 14.5 Å². The Kier molecular flexibility index (Phi) is 4.58. The number of rotatable bonds is 1. The van der Waals surface area contributed by atoms with Gasteiger partial charge in [-0.25, -0.2) is 9.78 Å². The van der Waals surface area contributed by atoms with Crippen molar-refractivity contribution >= 4 is 6.09 Å². The molecule has 0 aliphatic carbocycles. The molecule has 0 aromatic carbocycles. The van der Waals surface area contributed by atoms with Gasteiger partial charge in [0.25, 0.3) is 5.56 Å². The molecule has 0 bridgehead atoms. The minimum Gasteiger partial charge on any atom is -0.449 e. The standard InChI is InChI=1S/C16H25N3O3/c1-11-17-13-7-9-19(15(21)22-10-16(2,3)4)8-6-12(13)14(20)18(11)5/h6-10H2,1-5H3. The van der Waals surface area contributed by atoms with Crippen molar-refractivity contribution in [3.63, 3.8) is 0 Å². The van der Waals surface area contributed by atoms with Crippen molar-refractivity contribution in [2.75, 3.05) is 19.7 Å². The van der Waals surface area contributed by atoms with Gasteiger partial charge in [-0.3, -0.25) is 9.36 Å². The summed E-state index contributed by atoms with van der Waals surface area (Å²) in [6.07, 6.45) is 0.813. The highest BCUT2D eigenvalue weighted by Gasteiger charge is 2.24. The van der Waals surface area contributed by atoms with Gasteiger partial charge >= 0.3 is 6.09 Å². The fourth-order valence-electron chi connectivity index (χ4n) is 2.42. The van der Waals surface area contributed by atoms with Crippen LogP contribution in [0.5, 0.6) is 0 Å². The van der Waals surface area contributed by atoms with Gasteiger partial charge in [0.05, 0.1) is 12.3 Å². The number of fused-ring (bicyclic) bond motifs is 1. The summed E-state index contributed by atoms with van der Waals surface area (Å²) in [5.74, 6) is 0.701. The lowest BCUT2D eigenvalue weighted by Crippen LogP contribution is -2.35. The van der Waals surface area contributed by atoms with Crippen molar-refractivity contribution in [3.05, 3.63) is 27.4 Å². The van der Waals surface area contributed by atoms with Crippen LogP contribution in [-0.4, -0.2) is 40.2 Å². The summed E-state index contributed by atoms with van der Waals surface area (Å²) in [5, 5.41) is 0. The second-order valence-electron chi connectivity index (χ2n) is 7.05. The van der Waals surface area contributed by atoms with Crippen LogP contribution in [0.3, 0.4) is 0 Å². The molecule has 1 aliphatic rings. The van der Waals surface area contributed by atoms with Gasteiger partial charge < -0.3 is 9.64 Å². The fraction of sp³-hybridized carbons (Fsp3) is 0.688. The highest BCUT2D eigenvalue weighted by atomic mass is 16.6. The first-order chi connectivity index (χ1) is 10.2. The zero-order chi connectivity index (χ0) is 16.5. The summed E-state index contributed by atoms with van der Waals surface area (Å²) in [4.78, 5) is 30.6. The second kappa shape index (κ2) is 6.10. The van der Waals surface area contributed by atoms with E-state index in [0.29, 0.717) is 38.4 Å². The lowest BCUT2D eigenvalue weighted by molar-refractivity contribution is 0.0734. The number of hydrogen-bond acceptors (Lipinski definition) is 4. The lowest BCUT2D eigenvalue weighted by atomic mass is 9.99. The second-order valence-corrected chi connectivity index (χ2v) is 7.05. The van der Waals surface area contributed by atoms with E-state index in [0.717, 1.165) is 11.3 Å². The highest BCUT2D eigenvalue weighted by molar-refractivity contribution is 5.67. The maximum Gasteiger partial charge on any atom is 0.409 e. The zero-order valence-corrected chi connectivity index (χ0v) is 14.1. The molecule has 1 aromatic rings. The minimum atomic E-state index is -0.309. The van der Waals surface area contributed by atoms with E-state index in [-0.39, 0.29) is 17.1 Å². The Balaban J connectivity index is 2.10. The number of aryl methyl sites for hydroxylation is 1. The third-order valence-electron chi connectivity index (χ3n) is 3.83. The van der Waals surface area contributed by atoms with E-state index in [1.54, 1.807) is 16.5 Å². The predicted octanol–water partition coefficient (Wildman–Crippen LogP) is 1.67. The average molecular weight is 307 g/mol. The van der Waals surface area contributed by atoms with Crippen LogP contribution < -0.4 is 5.56 Å². The molecule has 0 saturated carbocycles. The molecule has 0 N–H and O–H groups in total. The average Bonchev–Trinajstić information content (AvgIpc) is 2.64. The van der Waals surface area contributed by atoms with E-state index in [1.807, 2.05) is 27.7 Å². The Morgan fingerprint density at radius 3 is 2.55 bits per heavy atom. The molecule has 0 spiro atoms. The molecule has 1 aliphatic heterocycles. The Hall–Kier alpha value is -1.85. The highest BCUT2D eigenvalue weighted by Crippen LogP contribution is 2.16. The van der Waals surface area contributed by atoms with E-state index in [2.05, 4.69) is 4.98 Å². The number of amides is 1. The van der Waals surface area contributed by atoms with Crippen LogP contribution >= 0.6 is 0 Å². The van der Waals surface area contributed by atoms with Crippen LogP contribution in [0.1, 0.15) is 37.9 Å². The first-order valence-electron chi connectivity index (χ1n) is 7.66. The SMILES string of the molecule is Cc1nc2c(c(=O)n1C)CCN(C(=O)OCC(C)(C)C)CC2. The molecule has 0 saturated heterocycles. The summed E-state index contributed by atoms with van der Waals surface area (Å²) in [6.45, 7) is 9.31. The molecule has 2 heterocycles. The van der Waals surface area contributed by atoms with Gasteiger partial charge in [0.2, 0.25) is 0 Å². The molecule has 122 valence electrons. The quantitative estimate of drug-likeness (QED) is 0.792. The first kappa shape index (κ1) is 16.5. The van der Waals surface area contributed by atoms with Crippen LogP contribution in [0.25, 0.3) is 0 Å². The van der Waals surface area contributed by atoms with Crippen LogP contribution in [0, 0.1) is 12.3 Å². The molecule has 6 heteroatoms. The molecule has 22 heavy (non-hydrogen) atoms. The van der Waals surface area contributed by atoms with Gasteiger partial charge in [0.15, 0.2) is 0 Å². The van der Waals surface area contributed by atoms with E-state index in [4.69, 9.17) is 4.74 Å². The van der Waals surface area contributed by atoms with Gasteiger partial charge in [0.1, 0.15) is 5.82 Å². The number of carbonyl (C=O) groups excluding carboxylic acids is 1. The van der Waals surface area contributed by atoms with E-state index < -0.39 is 0 Å². The molecule has 0 unspecified atom stereocenters. The number of hydrogen-bond donors (Lipinski definition) is 0. The lowest BCUT2D eigenvalue weighted by Gasteiger charge is -2.23. The molecule has 1 amide bonds. The fourth-order valence-corrected chi connectivity index (χ4v) is 2.42. The molecule has 2 rings (SSSR count). The van der Waals surface area contributed by atoms with Gasteiger partial charge in [-0.15, -0.1) is 0 Å². The molecule has 0 radical (unpaired) electrons. The molecular weight excluding hydrogens is 282 g/mol. The monoisotopic (exact) mass is 307 g/mol. The third kappa shape index (κ3) is 3.67. The topological polar surface area (TPSA) is 64.4 Å². The van der Waals surface area contributed by atoms with Crippen LogP contribution in [-0.2, 0) is 24.6 Å². The van der Waals surface area contributed by atoms with E-state index >= 15 is 0 Å². The maximum atomic E-state index is 12.3. The Bertz CT molecular complexity index is 629. The Labute approximate surface area is 131 Å². The normalized spacial score (nSPS) is 15.2. The Morgan fingerprint density at radius 1 is 1.27 bits per heavy atom. The largest absolute Gasteiger partial charge is 0.449 e. The number of aromatic nitrogens is 2. The molecular formula is C16H25N3O3. The molecule has 0 atom stereocenters. The minimum absolute atomic E-state index is 0.00703. The van der Waals surface area contributed by atoms with Gasteiger partial charge in [-0.05, 0) is 18.8 Å². The number of carbonyl (C=O) groups is 1. The van der Waals surface area contributed by atoms with E-state index in [9.17, 15) is 9.59 Å². The zero-order valence-electron chi connectivity index (χ0n) is 14.1. The van der Waals surface area contributed by atoms with Crippen molar-refractivity contribution in [2.45, 2.75) is 40.5 Å².